The van der Waals surface area contributed by atoms with Gasteiger partial charge in [0.2, 0.25) is 5.69 Å². The summed E-state index contributed by atoms with van der Waals surface area (Å²) in [4.78, 5) is 11.7. The Hall–Kier alpha value is -2.37. The van der Waals surface area contributed by atoms with E-state index in [4.69, 9.17) is 4.74 Å². The summed E-state index contributed by atoms with van der Waals surface area (Å²) in [6.07, 6.45) is 0.904. The molecule has 0 fully saturated rings. The minimum Gasteiger partial charge on any atom is -0.464 e. The highest BCUT2D eigenvalue weighted by Gasteiger charge is 2.29. The highest BCUT2D eigenvalue weighted by atomic mass is 16.5. The Morgan fingerprint density at radius 3 is 2.95 bits per heavy atom. The van der Waals surface area contributed by atoms with Gasteiger partial charge in [-0.25, -0.2) is 9.48 Å². The molecule has 1 atom stereocenters. The van der Waals surface area contributed by atoms with E-state index in [0.717, 1.165) is 13.0 Å². The first-order valence-electron chi connectivity index (χ1n) is 6.96. The Bertz CT molecular complexity index is 693. The van der Waals surface area contributed by atoms with Crippen molar-refractivity contribution >= 4 is 11.8 Å². The average Bonchev–Trinajstić information content (AvgIpc) is 2.90. The summed E-state index contributed by atoms with van der Waals surface area (Å²) in [6, 6.07) is 6.48. The fourth-order valence-corrected chi connectivity index (χ4v) is 2.85. The largest absolute Gasteiger partial charge is 0.464 e. The Balaban J connectivity index is 2.05. The number of anilines is 1. The van der Waals surface area contributed by atoms with Crippen molar-refractivity contribution in [1.29, 1.82) is 0 Å². The SMILES string of the molecule is COC(=O)c1nnn2c1NCCC2c1ccc(C)cc1C. The van der Waals surface area contributed by atoms with Crippen molar-refractivity contribution in [1.82, 2.24) is 15.0 Å². The lowest BCUT2D eigenvalue weighted by molar-refractivity contribution is 0.0595. The van der Waals surface area contributed by atoms with Crippen LogP contribution in [0.5, 0.6) is 0 Å². The lowest BCUT2D eigenvalue weighted by atomic mass is 9.96. The van der Waals surface area contributed by atoms with Crippen molar-refractivity contribution in [2.45, 2.75) is 26.3 Å². The first kappa shape index (κ1) is 13.6. The number of fused-ring (bicyclic) bond motifs is 1. The van der Waals surface area contributed by atoms with Crippen molar-refractivity contribution < 1.29 is 9.53 Å². The average molecular weight is 286 g/mol. The summed E-state index contributed by atoms with van der Waals surface area (Å²) in [5.74, 6) is 0.170. The van der Waals surface area contributed by atoms with Crippen molar-refractivity contribution in [3.63, 3.8) is 0 Å². The van der Waals surface area contributed by atoms with E-state index in [1.807, 2.05) is 0 Å². The second-order valence-electron chi connectivity index (χ2n) is 5.31. The van der Waals surface area contributed by atoms with Crippen LogP contribution in [0, 0.1) is 13.8 Å². The summed E-state index contributed by atoms with van der Waals surface area (Å²) in [6.45, 7) is 4.95. The number of aryl methyl sites for hydroxylation is 2. The van der Waals surface area contributed by atoms with E-state index < -0.39 is 5.97 Å². The van der Waals surface area contributed by atoms with E-state index in [1.54, 1.807) is 4.68 Å². The molecule has 1 aromatic carbocycles. The van der Waals surface area contributed by atoms with E-state index in [1.165, 1.54) is 23.8 Å². The summed E-state index contributed by atoms with van der Waals surface area (Å²) in [5.41, 5.74) is 3.92. The van der Waals surface area contributed by atoms with Gasteiger partial charge in [0, 0.05) is 6.54 Å². The van der Waals surface area contributed by atoms with Gasteiger partial charge in [-0.15, -0.1) is 5.10 Å². The minimum atomic E-state index is -0.468. The number of nitrogens with zero attached hydrogens (tertiary/aromatic N) is 3. The molecule has 2 heterocycles. The van der Waals surface area contributed by atoms with E-state index in [2.05, 4.69) is 47.7 Å². The van der Waals surface area contributed by atoms with Crippen LogP contribution in [0.2, 0.25) is 0 Å². The molecule has 0 saturated heterocycles. The van der Waals surface area contributed by atoms with Gasteiger partial charge in [0.25, 0.3) is 0 Å². The number of nitrogens with one attached hydrogen (secondary N) is 1. The van der Waals surface area contributed by atoms with Crippen LogP contribution in [0.4, 0.5) is 5.82 Å². The zero-order valence-electron chi connectivity index (χ0n) is 12.4. The smallest absolute Gasteiger partial charge is 0.362 e. The van der Waals surface area contributed by atoms with Gasteiger partial charge in [-0.2, -0.15) is 0 Å². The third-order valence-electron chi connectivity index (χ3n) is 3.86. The highest BCUT2D eigenvalue weighted by Crippen LogP contribution is 2.32. The highest BCUT2D eigenvalue weighted by molar-refractivity contribution is 5.92. The molecule has 0 saturated carbocycles. The number of methoxy groups -OCH3 is 1. The molecule has 2 aromatic rings. The summed E-state index contributed by atoms with van der Waals surface area (Å²) in [5, 5.41) is 11.3. The van der Waals surface area contributed by atoms with Gasteiger partial charge in [-0.3, -0.25) is 0 Å². The lowest BCUT2D eigenvalue weighted by Crippen LogP contribution is -2.26. The molecule has 0 radical (unpaired) electrons. The molecule has 110 valence electrons. The number of aromatic nitrogens is 3. The summed E-state index contributed by atoms with van der Waals surface area (Å²) in [7, 11) is 1.35. The molecule has 6 nitrogen and oxygen atoms in total. The number of carbonyl (C=O) groups excluding carboxylic acids is 1. The third-order valence-corrected chi connectivity index (χ3v) is 3.86. The van der Waals surface area contributed by atoms with Gasteiger partial charge < -0.3 is 10.1 Å². The Morgan fingerprint density at radius 1 is 1.43 bits per heavy atom. The molecule has 0 amide bonds. The molecule has 0 spiro atoms. The fourth-order valence-electron chi connectivity index (χ4n) is 2.85. The molecule has 1 aromatic heterocycles. The monoisotopic (exact) mass is 286 g/mol. The van der Waals surface area contributed by atoms with Gasteiger partial charge in [-0.05, 0) is 31.4 Å². The molecule has 3 rings (SSSR count). The Morgan fingerprint density at radius 2 is 2.24 bits per heavy atom. The van der Waals surface area contributed by atoms with Gasteiger partial charge >= 0.3 is 5.97 Å². The van der Waals surface area contributed by atoms with Crippen LogP contribution in [-0.2, 0) is 4.74 Å². The van der Waals surface area contributed by atoms with Gasteiger partial charge in [0.15, 0.2) is 5.82 Å². The van der Waals surface area contributed by atoms with Crippen LogP contribution in [-0.4, -0.2) is 34.6 Å². The van der Waals surface area contributed by atoms with Crippen LogP contribution < -0.4 is 5.32 Å². The van der Waals surface area contributed by atoms with Gasteiger partial charge in [-0.1, -0.05) is 29.0 Å². The van der Waals surface area contributed by atoms with E-state index in [9.17, 15) is 4.79 Å². The van der Waals surface area contributed by atoms with Crippen molar-refractivity contribution in [3.8, 4) is 0 Å². The van der Waals surface area contributed by atoms with E-state index in [0.29, 0.717) is 5.82 Å². The Labute approximate surface area is 123 Å². The first-order chi connectivity index (χ1) is 10.1. The maximum atomic E-state index is 11.7. The third kappa shape index (κ3) is 2.26. The molecule has 1 aliphatic heterocycles. The number of esters is 1. The number of ether oxygens (including phenoxy) is 1. The number of hydrogen-bond donors (Lipinski definition) is 1. The van der Waals surface area contributed by atoms with Gasteiger partial charge in [0.05, 0.1) is 13.2 Å². The number of carbonyl (C=O) groups is 1. The molecule has 1 unspecified atom stereocenters. The van der Waals surface area contributed by atoms with Crippen molar-refractivity contribution in [2.75, 3.05) is 19.0 Å². The fraction of sp³-hybridized carbons (Fsp3) is 0.400. The molecule has 0 bridgehead atoms. The first-order valence-corrected chi connectivity index (χ1v) is 6.96. The Kier molecular flexibility index (Phi) is 3.37. The van der Waals surface area contributed by atoms with Crippen LogP contribution in [0.1, 0.15) is 39.6 Å². The van der Waals surface area contributed by atoms with E-state index in [-0.39, 0.29) is 11.7 Å². The molecule has 21 heavy (non-hydrogen) atoms. The standard InChI is InChI=1S/C15H18N4O2/c1-9-4-5-11(10(2)8-9)12-6-7-16-14-13(15(20)21-3)17-18-19(12)14/h4-5,8,12,16H,6-7H2,1-3H3. The maximum absolute atomic E-state index is 11.7. The predicted molar refractivity (Wildman–Crippen MR) is 78.5 cm³/mol. The topological polar surface area (TPSA) is 69.0 Å². The molecule has 0 aliphatic carbocycles. The second kappa shape index (κ2) is 5.20. The molecule has 1 aliphatic rings. The molecular weight excluding hydrogens is 268 g/mol. The number of rotatable bonds is 2. The maximum Gasteiger partial charge on any atom is 0.362 e. The normalized spacial score (nSPS) is 17.0. The quantitative estimate of drug-likeness (QED) is 0.856. The van der Waals surface area contributed by atoms with Crippen LogP contribution >= 0.6 is 0 Å². The minimum absolute atomic E-state index is 0.0905. The zero-order valence-corrected chi connectivity index (χ0v) is 12.4. The molecular formula is C15H18N4O2. The summed E-state index contributed by atoms with van der Waals surface area (Å²) >= 11 is 0. The van der Waals surface area contributed by atoms with Gasteiger partial charge in [0.1, 0.15) is 0 Å². The van der Waals surface area contributed by atoms with Crippen molar-refractivity contribution in [2.24, 2.45) is 0 Å². The lowest BCUT2D eigenvalue weighted by Gasteiger charge is -2.26. The predicted octanol–water partition coefficient (Wildman–Crippen LogP) is 2.09. The second-order valence-corrected chi connectivity index (χ2v) is 5.31. The van der Waals surface area contributed by atoms with Crippen molar-refractivity contribution in [3.05, 3.63) is 40.6 Å². The zero-order chi connectivity index (χ0) is 15.0. The van der Waals surface area contributed by atoms with Crippen LogP contribution in [0.3, 0.4) is 0 Å². The molecule has 1 N–H and O–H groups in total. The van der Waals surface area contributed by atoms with E-state index >= 15 is 0 Å². The summed E-state index contributed by atoms with van der Waals surface area (Å²) < 4.78 is 6.53. The van der Waals surface area contributed by atoms with Crippen LogP contribution in [0.25, 0.3) is 0 Å². The number of hydrogen-bond acceptors (Lipinski definition) is 5. The van der Waals surface area contributed by atoms with Crippen LogP contribution in [0.15, 0.2) is 18.2 Å². The molecule has 6 heteroatoms. The number of benzene rings is 1.